The molecular weight excluding hydrogens is 422 g/mol. The van der Waals surface area contributed by atoms with Crippen molar-refractivity contribution in [3.63, 3.8) is 0 Å². The van der Waals surface area contributed by atoms with Crippen LogP contribution in [0.25, 0.3) is 0 Å². The minimum atomic E-state index is -4.93. The zero-order valence-electron chi connectivity index (χ0n) is 17.1. The number of nitrogens with zero attached hydrogens (tertiary/aromatic N) is 1. The molecule has 0 saturated carbocycles. The maximum Gasteiger partial charge on any atom is 0.416 e. The Labute approximate surface area is 177 Å². The molecule has 0 aliphatic rings. The molecule has 0 bridgehead atoms. The van der Waals surface area contributed by atoms with E-state index < -0.39 is 41.8 Å². The Morgan fingerprint density at radius 1 is 0.935 bits per heavy atom. The molecule has 9 heteroatoms. The normalized spacial score (nSPS) is 13.3. The van der Waals surface area contributed by atoms with E-state index in [1.54, 1.807) is 30.3 Å². The predicted molar refractivity (Wildman–Crippen MR) is 105 cm³/mol. The summed E-state index contributed by atoms with van der Waals surface area (Å²) >= 11 is 0. The van der Waals surface area contributed by atoms with Gasteiger partial charge < -0.3 is 10.2 Å². The first-order chi connectivity index (χ1) is 14.4. The van der Waals surface area contributed by atoms with Crippen molar-refractivity contribution in [2.24, 2.45) is 0 Å². The Hall–Kier alpha value is -2.55. The molecule has 1 atom stereocenters. The summed E-state index contributed by atoms with van der Waals surface area (Å²) in [6.45, 7) is 0.294. The van der Waals surface area contributed by atoms with Crippen LogP contribution in [-0.4, -0.2) is 31.4 Å². The van der Waals surface area contributed by atoms with Crippen molar-refractivity contribution in [1.82, 2.24) is 10.2 Å². The van der Waals surface area contributed by atoms with Crippen LogP contribution in [0.15, 0.2) is 48.5 Å². The maximum absolute atomic E-state index is 13.0. The van der Waals surface area contributed by atoms with Crippen LogP contribution in [0.3, 0.4) is 0 Å². The number of benzene rings is 2. The van der Waals surface area contributed by atoms with Gasteiger partial charge >= 0.3 is 12.4 Å². The molecule has 0 heterocycles. The molecule has 0 radical (unpaired) electrons. The largest absolute Gasteiger partial charge is 0.416 e. The Morgan fingerprint density at radius 2 is 1.48 bits per heavy atom. The lowest BCUT2D eigenvalue weighted by molar-refractivity contribution is -0.143. The number of hydrogen-bond donors (Lipinski definition) is 1. The van der Waals surface area contributed by atoms with E-state index in [0.29, 0.717) is 25.0 Å². The molecule has 3 nitrogen and oxygen atoms in total. The standard InChI is InChI=1S/C22H24F6N2O/c1-30(2)10-6-9-19(16-7-4-3-5-8-16)20(31)29-14-15-11-17(21(23,24)25)13-18(12-15)22(26,27)28/h3-5,7-8,11-13,19H,6,9-10,14H2,1-2H3,(H,29,31)/t19-/m0/s1. The van der Waals surface area contributed by atoms with Gasteiger partial charge in [0.1, 0.15) is 0 Å². The number of amides is 1. The van der Waals surface area contributed by atoms with E-state index in [1.165, 1.54) is 0 Å². The lowest BCUT2D eigenvalue weighted by atomic mass is 9.93. The monoisotopic (exact) mass is 446 g/mol. The lowest BCUT2D eigenvalue weighted by Crippen LogP contribution is -2.30. The highest BCUT2D eigenvalue weighted by Crippen LogP contribution is 2.36. The summed E-state index contributed by atoms with van der Waals surface area (Å²) in [6.07, 6.45) is -8.68. The quantitative estimate of drug-likeness (QED) is 0.546. The fourth-order valence-corrected chi connectivity index (χ4v) is 3.18. The Morgan fingerprint density at radius 3 is 1.97 bits per heavy atom. The van der Waals surface area contributed by atoms with Crippen LogP contribution in [0.4, 0.5) is 26.3 Å². The smallest absolute Gasteiger partial charge is 0.351 e. The second-order valence-corrected chi connectivity index (χ2v) is 7.54. The summed E-state index contributed by atoms with van der Waals surface area (Å²) in [6, 6.07) is 10.2. The van der Waals surface area contributed by atoms with Gasteiger partial charge in [-0.1, -0.05) is 30.3 Å². The molecule has 2 aromatic rings. The highest BCUT2D eigenvalue weighted by molar-refractivity contribution is 5.83. The first-order valence-corrected chi connectivity index (χ1v) is 9.63. The number of carbonyl (C=O) groups is 1. The van der Waals surface area contributed by atoms with Crippen LogP contribution in [0.5, 0.6) is 0 Å². The minimum Gasteiger partial charge on any atom is -0.351 e. The van der Waals surface area contributed by atoms with E-state index in [0.717, 1.165) is 12.1 Å². The van der Waals surface area contributed by atoms with E-state index in [4.69, 9.17) is 0 Å². The number of hydrogen-bond acceptors (Lipinski definition) is 2. The van der Waals surface area contributed by atoms with Gasteiger partial charge in [0.15, 0.2) is 0 Å². The van der Waals surface area contributed by atoms with Gasteiger partial charge in [-0.05, 0) is 62.8 Å². The van der Waals surface area contributed by atoms with Gasteiger partial charge in [0, 0.05) is 6.54 Å². The van der Waals surface area contributed by atoms with E-state index in [9.17, 15) is 31.1 Å². The highest BCUT2D eigenvalue weighted by Gasteiger charge is 2.37. The Kier molecular flexibility index (Phi) is 8.11. The number of rotatable bonds is 8. The van der Waals surface area contributed by atoms with E-state index in [1.807, 2.05) is 19.0 Å². The fraction of sp³-hybridized carbons (Fsp3) is 0.409. The van der Waals surface area contributed by atoms with Crippen molar-refractivity contribution < 1.29 is 31.1 Å². The Balaban J connectivity index is 2.21. The molecule has 2 rings (SSSR count). The molecule has 1 amide bonds. The van der Waals surface area contributed by atoms with Gasteiger partial charge in [-0.15, -0.1) is 0 Å². The number of alkyl halides is 6. The molecule has 1 N–H and O–H groups in total. The molecule has 0 aliphatic carbocycles. The predicted octanol–water partition coefficient (Wildman–Crippen LogP) is 5.47. The van der Waals surface area contributed by atoms with Crippen molar-refractivity contribution >= 4 is 5.91 Å². The molecule has 0 spiro atoms. The second-order valence-electron chi connectivity index (χ2n) is 7.54. The first-order valence-electron chi connectivity index (χ1n) is 9.63. The lowest BCUT2D eigenvalue weighted by Gasteiger charge is -2.19. The van der Waals surface area contributed by atoms with Crippen LogP contribution >= 0.6 is 0 Å². The average Bonchev–Trinajstić information content (AvgIpc) is 2.68. The zero-order valence-corrected chi connectivity index (χ0v) is 17.1. The Bertz CT molecular complexity index is 830. The molecule has 0 aromatic heterocycles. The minimum absolute atomic E-state index is 0.0688. The maximum atomic E-state index is 13.0. The molecule has 0 unspecified atom stereocenters. The first kappa shape index (κ1) is 24.7. The van der Waals surface area contributed by atoms with Crippen molar-refractivity contribution in [1.29, 1.82) is 0 Å². The van der Waals surface area contributed by atoms with E-state index >= 15 is 0 Å². The van der Waals surface area contributed by atoms with Gasteiger partial charge in [0.05, 0.1) is 17.0 Å². The summed E-state index contributed by atoms with van der Waals surface area (Å²) in [5.41, 5.74) is -2.34. The zero-order chi connectivity index (χ0) is 23.2. The summed E-state index contributed by atoms with van der Waals surface area (Å²) in [5, 5.41) is 2.51. The highest BCUT2D eigenvalue weighted by atomic mass is 19.4. The molecule has 0 aliphatic heterocycles. The fourth-order valence-electron chi connectivity index (χ4n) is 3.18. The summed E-state index contributed by atoms with van der Waals surface area (Å²) in [7, 11) is 3.78. The van der Waals surface area contributed by atoms with Gasteiger partial charge in [-0.2, -0.15) is 26.3 Å². The van der Waals surface area contributed by atoms with Gasteiger partial charge in [-0.3, -0.25) is 4.79 Å². The topological polar surface area (TPSA) is 32.3 Å². The van der Waals surface area contributed by atoms with Crippen molar-refractivity contribution in [2.75, 3.05) is 20.6 Å². The third kappa shape index (κ3) is 7.57. The molecule has 31 heavy (non-hydrogen) atoms. The van der Waals surface area contributed by atoms with Crippen molar-refractivity contribution in [3.05, 3.63) is 70.8 Å². The average molecular weight is 446 g/mol. The molecule has 170 valence electrons. The van der Waals surface area contributed by atoms with Crippen molar-refractivity contribution in [2.45, 2.75) is 37.7 Å². The summed E-state index contributed by atoms with van der Waals surface area (Å²) in [5.74, 6) is -1.01. The van der Waals surface area contributed by atoms with Crippen LogP contribution in [0, 0.1) is 0 Å². The SMILES string of the molecule is CN(C)CCC[C@H](C(=O)NCc1cc(C(F)(F)F)cc(C(F)(F)F)c1)c1ccccc1. The van der Waals surface area contributed by atoms with Crippen LogP contribution in [0.2, 0.25) is 0 Å². The summed E-state index contributed by atoms with van der Waals surface area (Å²) in [4.78, 5) is 14.7. The number of nitrogens with one attached hydrogen (secondary N) is 1. The third-order valence-electron chi connectivity index (χ3n) is 4.73. The third-order valence-corrected chi connectivity index (χ3v) is 4.73. The molecule has 0 saturated heterocycles. The number of halogens is 6. The van der Waals surface area contributed by atoms with E-state index in [2.05, 4.69) is 5.32 Å². The van der Waals surface area contributed by atoms with Gasteiger partial charge in [0.25, 0.3) is 0 Å². The van der Waals surface area contributed by atoms with Crippen LogP contribution in [0.1, 0.15) is 41.0 Å². The van der Waals surface area contributed by atoms with Crippen LogP contribution < -0.4 is 5.32 Å². The second kappa shape index (κ2) is 10.2. The van der Waals surface area contributed by atoms with E-state index in [-0.39, 0.29) is 11.6 Å². The van der Waals surface area contributed by atoms with Crippen LogP contribution in [-0.2, 0) is 23.7 Å². The number of carbonyl (C=O) groups excluding carboxylic acids is 1. The molecular formula is C22H24F6N2O. The summed E-state index contributed by atoms with van der Waals surface area (Å²) < 4.78 is 78.2. The van der Waals surface area contributed by atoms with Crippen molar-refractivity contribution in [3.8, 4) is 0 Å². The molecule has 0 fully saturated rings. The molecule has 2 aromatic carbocycles. The van der Waals surface area contributed by atoms with Gasteiger partial charge in [0.2, 0.25) is 5.91 Å². The van der Waals surface area contributed by atoms with Gasteiger partial charge in [-0.25, -0.2) is 0 Å².